The standard InChI is InChI=1S/C29H31F2N9OS.2C28H29F2N9OS/c1-18-13-40-23(19-11-33-39(14-19)16-24(41)35-22-7-4-6-21(30)26(22)31)12-32-28(40)27(34-18)36-25-10-20(37-42-25)15-38-9-5-8-29(2,3)17-38;2*1-17-5-4-8-37(12-17)15-20-9-25(41-36-20)35-27-28-31-11-23(39(28)13-18(2)33-27)19-10-32-38(14-19)16-24(40)34-22-7-3-6-21(29)26(22)30/h4,6-7,10-14H,5,8-9,15-17H2,1-3H3,(H,34,36)(H,35,41);2*3,6-7,9-11,13-14,17H,4-5,8,12,15-16H2,1-2H3,(H,33,35)(H,34,40)/t;2*17-/m.10/s1. The molecule has 124 heavy (non-hydrogen) atoms. The number of hydrogen-bond donors (Lipinski definition) is 6. The van der Waals surface area contributed by atoms with Gasteiger partial charge in [0.05, 0.1) is 105 Å². The van der Waals surface area contributed by atoms with Crippen molar-refractivity contribution in [3.63, 3.8) is 0 Å². The highest BCUT2D eigenvalue weighted by atomic mass is 32.1. The van der Waals surface area contributed by atoms with Crippen molar-refractivity contribution in [1.82, 2.24) is 100 Å². The first-order chi connectivity index (χ1) is 59.8. The van der Waals surface area contributed by atoms with E-state index < -0.39 is 52.6 Å². The highest BCUT2D eigenvalue weighted by molar-refractivity contribution is 7.10. The number of nitrogens with one attached hydrogen (secondary N) is 6. The molecule has 0 unspecified atom stereocenters. The molecule has 39 heteroatoms. The summed E-state index contributed by atoms with van der Waals surface area (Å²) in [7, 11) is 0. The van der Waals surface area contributed by atoms with Crippen molar-refractivity contribution in [1.29, 1.82) is 0 Å². The maximum absolute atomic E-state index is 13.9. The van der Waals surface area contributed by atoms with Crippen molar-refractivity contribution in [2.24, 2.45) is 17.3 Å². The summed E-state index contributed by atoms with van der Waals surface area (Å²) in [5, 5.41) is 32.8. The fourth-order valence-electron chi connectivity index (χ4n) is 15.7. The molecule has 18 rings (SSSR count). The molecule has 3 saturated heterocycles. The predicted octanol–water partition coefficient (Wildman–Crippen LogP) is 16.1. The lowest BCUT2D eigenvalue weighted by atomic mass is 9.84. The van der Waals surface area contributed by atoms with Crippen molar-refractivity contribution in [2.45, 2.75) is 126 Å². The minimum atomic E-state index is -1.10. The van der Waals surface area contributed by atoms with Crippen molar-refractivity contribution in [3.8, 4) is 33.8 Å². The lowest BCUT2D eigenvalue weighted by Gasteiger charge is -2.37. The number of anilines is 9. The van der Waals surface area contributed by atoms with Gasteiger partial charge in [0.2, 0.25) is 17.7 Å². The van der Waals surface area contributed by atoms with Gasteiger partial charge in [-0.15, -0.1) is 0 Å². The number of aryl methyl sites for hydroxylation is 3. The summed E-state index contributed by atoms with van der Waals surface area (Å²) in [5.74, 6) is -4.74. The van der Waals surface area contributed by atoms with E-state index in [2.05, 4.69) is 151 Å². The Hall–Kier alpha value is -12.7. The minimum Gasteiger partial charge on any atom is -0.328 e. The Kier molecular flexibility index (Phi) is 25.4. The summed E-state index contributed by atoms with van der Waals surface area (Å²) >= 11 is 4.21. The summed E-state index contributed by atoms with van der Waals surface area (Å²) in [4.78, 5) is 72.6. The van der Waals surface area contributed by atoms with Crippen LogP contribution in [0.4, 0.5) is 75.9 Å². The summed E-state index contributed by atoms with van der Waals surface area (Å²) in [5.41, 5.74) is 11.5. The summed E-state index contributed by atoms with van der Waals surface area (Å²) in [6.45, 7) is 23.5. The van der Waals surface area contributed by atoms with Gasteiger partial charge >= 0.3 is 0 Å². The van der Waals surface area contributed by atoms with E-state index in [4.69, 9.17) is 0 Å². The molecule has 3 aliphatic heterocycles. The number of rotatable bonds is 24. The molecule has 642 valence electrons. The van der Waals surface area contributed by atoms with E-state index in [1.807, 2.05) is 52.6 Å². The average molecular weight is 1750 g/mol. The number of benzene rings is 3. The third kappa shape index (κ3) is 20.5. The molecule has 6 N–H and O–H groups in total. The zero-order chi connectivity index (χ0) is 86.5. The van der Waals surface area contributed by atoms with Crippen molar-refractivity contribution in [3.05, 3.63) is 216 Å². The SMILES string of the molecule is Cc1cn2c(-c3cnn(CC(=O)Nc4cccc(F)c4F)c3)cnc2c(Nc2cc(CN3CCCC(C)(C)C3)ns2)n1.Cc1cn2c(-c3cnn(CC(=O)Nc4cccc(F)c4F)c3)cnc2c(Nc2cc(CN3CCC[C@@H](C)C3)ns2)n1.Cc1cn2c(-c3cnn(CC(=O)Nc4cccc(F)c4F)c3)cnc2c(Nc2cc(CN3CCC[C@H](C)C3)ns2)n1. The third-order valence-electron chi connectivity index (χ3n) is 21.2. The third-order valence-corrected chi connectivity index (χ3v) is 23.5. The maximum Gasteiger partial charge on any atom is 0.246 e. The van der Waals surface area contributed by atoms with Crippen LogP contribution in [0.3, 0.4) is 0 Å². The number of aromatic nitrogens is 18. The highest BCUT2D eigenvalue weighted by Crippen LogP contribution is 2.36. The summed E-state index contributed by atoms with van der Waals surface area (Å²) < 4.78 is 106. The van der Waals surface area contributed by atoms with Crippen LogP contribution in [0.15, 0.2) is 147 Å². The summed E-state index contributed by atoms with van der Waals surface area (Å²) in [6, 6.07) is 17.1. The topological polar surface area (TPSA) is 316 Å². The maximum atomic E-state index is 13.9. The number of amides is 3. The molecule has 3 fully saturated rings. The second-order valence-corrected chi connectivity index (χ2v) is 34.7. The van der Waals surface area contributed by atoms with Gasteiger partial charge in [-0.25, -0.2) is 56.2 Å². The van der Waals surface area contributed by atoms with E-state index in [1.165, 1.54) is 124 Å². The van der Waals surface area contributed by atoms with Crippen molar-refractivity contribution >= 4 is 119 Å². The van der Waals surface area contributed by atoms with Crippen LogP contribution in [0.2, 0.25) is 0 Å². The van der Waals surface area contributed by atoms with Crippen LogP contribution < -0.4 is 31.9 Å². The van der Waals surface area contributed by atoms with Gasteiger partial charge in [-0.1, -0.05) is 45.9 Å². The Morgan fingerprint density at radius 1 is 0.444 bits per heavy atom. The lowest BCUT2D eigenvalue weighted by Crippen LogP contribution is -2.39. The second-order valence-electron chi connectivity index (χ2n) is 32.3. The molecule has 15 aromatic rings. The highest BCUT2D eigenvalue weighted by Gasteiger charge is 2.29. The first-order valence-corrected chi connectivity index (χ1v) is 42.8. The van der Waals surface area contributed by atoms with Crippen molar-refractivity contribution in [2.75, 3.05) is 71.2 Å². The molecule has 0 spiro atoms. The average Bonchev–Trinajstić information content (AvgIpc) is 1.63. The van der Waals surface area contributed by atoms with E-state index in [-0.39, 0.29) is 36.7 Å². The number of halogens is 6. The quantitative estimate of drug-likeness (QED) is 0.0306. The number of imidazole rings is 3. The zero-order valence-electron chi connectivity index (χ0n) is 68.8. The number of nitrogens with zero attached hydrogens (tertiary/aromatic N) is 21. The van der Waals surface area contributed by atoms with Gasteiger partial charge in [0, 0.05) is 93.1 Å². The number of fused-ring (bicyclic) bond motifs is 3. The Balaban J connectivity index is 0.000000137. The van der Waals surface area contributed by atoms with Crippen LogP contribution in [-0.4, -0.2) is 157 Å². The Bertz CT molecular complexity index is 6130. The number of carbonyl (C=O) groups is 3. The Morgan fingerprint density at radius 3 is 1.10 bits per heavy atom. The van der Waals surface area contributed by atoms with Crippen LogP contribution in [0.1, 0.15) is 100 Å². The minimum absolute atomic E-state index is 0.176. The molecular weight excluding hydrogens is 1660 g/mol. The van der Waals surface area contributed by atoms with Gasteiger partial charge in [-0.2, -0.15) is 28.4 Å². The largest absolute Gasteiger partial charge is 0.328 e. The molecule has 0 saturated carbocycles. The van der Waals surface area contributed by atoms with E-state index in [9.17, 15) is 40.7 Å². The molecule has 3 amide bonds. The van der Waals surface area contributed by atoms with Gasteiger partial charge in [0.15, 0.2) is 69.3 Å². The molecule has 0 aliphatic carbocycles. The van der Waals surface area contributed by atoms with E-state index >= 15 is 0 Å². The predicted molar refractivity (Wildman–Crippen MR) is 464 cm³/mol. The number of likely N-dealkylation sites (tertiary alicyclic amines) is 3. The Morgan fingerprint density at radius 2 is 0.774 bits per heavy atom. The van der Waals surface area contributed by atoms with Crippen LogP contribution in [0, 0.1) is 72.9 Å². The molecule has 3 aliphatic rings. The smallest absolute Gasteiger partial charge is 0.246 e. The van der Waals surface area contributed by atoms with E-state index in [1.54, 1.807) is 55.8 Å². The second kappa shape index (κ2) is 37.2. The first kappa shape index (κ1) is 84.9. The van der Waals surface area contributed by atoms with Gasteiger partial charge < -0.3 is 31.9 Å². The number of piperidine rings is 3. The van der Waals surface area contributed by atoms with Crippen LogP contribution >= 0.6 is 34.6 Å². The van der Waals surface area contributed by atoms with E-state index in [0.29, 0.717) is 51.6 Å². The molecule has 0 radical (unpaired) electrons. The molecule has 15 heterocycles. The lowest BCUT2D eigenvalue weighted by molar-refractivity contribution is -0.117. The fraction of sp³-hybridized carbons (Fsp3) is 0.329. The molecule has 3 aromatic carbocycles. The molecule has 0 bridgehead atoms. The molecular formula is C85H89F6N27O3S3. The van der Waals surface area contributed by atoms with E-state index in [0.717, 1.165) is 160 Å². The number of hydrogen-bond acceptors (Lipinski definition) is 24. The summed E-state index contributed by atoms with van der Waals surface area (Å²) in [6.07, 6.45) is 28.3. The zero-order valence-corrected chi connectivity index (χ0v) is 71.3. The molecule has 30 nitrogen and oxygen atoms in total. The normalized spacial score (nSPS) is 15.7. The monoisotopic (exact) mass is 1750 g/mol. The van der Waals surface area contributed by atoms with Gasteiger partial charge in [-0.05, 0) is 185 Å². The van der Waals surface area contributed by atoms with Gasteiger partial charge in [-0.3, -0.25) is 56.3 Å². The number of carbonyl (C=O) groups excluding carboxylic acids is 3. The molecule has 2 atom stereocenters. The Labute approximate surface area is 720 Å². The first-order valence-electron chi connectivity index (χ1n) is 40.5. The van der Waals surface area contributed by atoms with Crippen molar-refractivity contribution < 1.29 is 40.7 Å². The molecule has 12 aromatic heterocycles. The van der Waals surface area contributed by atoms with Gasteiger partial charge in [0.1, 0.15) is 34.6 Å². The van der Waals surface area contributed by atoms with Crippen LogP contribution in [0.5, 0.6) is 0 Å². The fourth-order valence-corrected chi connectivity index (χ4v) is 17.7. The van der Waals surface area contributed by atoms with Crippen LogP contribution in [0.25, 0.3) is 50.7 Å². The van der Waals surface area contributed by atoms with Gasteiger partial charge in [0.25, 0.3) is 0 Å². The van der Waals surface area contributed by atoms with Crippen LogP contribution in [-0.2, 0) is 53.7 Å².